The first-order chi connectivity index (χ1) is 10.3. The Kier molecular flexibility index (Phi) is 9.27. The van der Waals surface area contributed by atoms with E-state index in [2.05, 4.69) is 67.2 Å². The molecule has 0 aliphatic carbocycles. The molecule has 0 heterocycles. The highest BCUT2D eigenvalue weighted by Crippen LogP contribution is 2.42. The largest absolute Gasteiger partial charge is 0.481 e. The highest BCUT2D eigenvalue weighted by Gasteiger charge is 2.30. The number of hydrogen-bond donors (Lipinski definition) is 1. The molecule has 0 aromatic heterocycles. The molecule has 1 N–H and O–H groups in total. The summed E-state index contributed by atoms with van der Waals surface area (Å²) in [6.45, 7) is 18.7. The van der Waals surface area contributed by atoms with Crippen molar-refractivity contribution in [2.24, 2.45) is 16.7 Å². The van der Waals surface area contributed by atoms with Gasteiger partial charge in [0.05, 0.1) is 0 Å². The topological polar surface area (TPSA) is 37.3 Å². The summed E-state index contributed by atoms with van der Waals surface area (Å²) in [5.74, 6) is 1.01. The smallest absolute Gasteiger partial charge is 0.303 e. The van der Waals surface area contributed by atoms with Crippen molar-refractivity contribution >= 4 is 17.7 Å². The van der Waals surface area contributed by atoms with E-state index in [4.69, 9.17) is 5.11 Å². The van der Waals surface area contributed by atoms with Crippen LogP contribution in [-0.4, -0.2) is 21.6 Å². The maximum absolute atomic E-state index is 10.7. The molecular formula is C20H40O2S. The fourth-order valence-electron chi connectivity index (χ4n) is 3.04. The van der Waals surface area contributed by atoms with E-state index in [1.54, 1.807) is 0 Å². The van der Waals surface area contributed by atoms with Crippen LogP contribution in [0.25, 0.3) is 0 Å². The Morgan fingerprint density at radius 2 is 1.61 bits per heavy atom. The van der Waals surface area contributed by atoms with Crippen molar-refractivity contribution in [1.29, 1.82) is 0 Å². The normalized spacial score (nSPS) is 14.8. The monoisotopic (exact) mass is 344 g/mol. The van der Waals surface area contributed by atoms with Crippen LogP contribution in [0.4, 0.5) is 0 Å². The van der Waals surface area contributed by atoms with E-state index in [0.29, 0.717) is 23.2 Å². The fourth-order valence-corrected chi connectivity index (χ4v) is 4.19. The average Bonchev–Trinajstić information content (AvgIpc) is 2.40. The van der Waals surface area contributed by atoms with Crippen LogP contribution in [0.3, 0.4) is 0 Å². The third-order valence-electron chi connectivity index (χ3n) is 4.86. The lowest BCUT2D eigenvalue weighted by atomic mass is 9.75. The molecule has 2 nitrogen and oxygen atoms in total. The molecule has 3 heteroatoms. The van der Waals surface area contributed by atoms with Crippen molar-refractivity contribution in [1.82, 2.24) is 0 Å². The number of thioether (sulfide) groups is 1. The lowest BCUT2D eigenvalue weighted by Gasteiger charge is -2.37. The Bertz CT molecular complexity index is 359. The van der Waals surface area contributed by atoms with E-state index in [-0.39, 0.29) is 4.75 Å². The summed E-state index contributed by atoms with van der Waals surface area (Å²) in [7, 11) is 0. The van der Waals surface area contributed by atoms with E-state index >= 15 is 0 Å². The van der Waals surface area contributed by atoms with Gasteiger partial charge < -0.3 is 5.11 Å². The summed E-state index contributed by atoms with van der Waals surface area (Å²) in [6.07, 6.45) is 5.86. The van der Waals surface area contributed by atoms with Gasteiger partial charge in [0, 0.05) is 11.2 Å². The van der Waals surface area contributed by atoms with Crippen LogP contribution in [0.1, 0.15) is 93.9 Å². The van der Waals surface area contributed by atoms with Gasteiger partial charge in [-0.2, -0.15) is 11.8 Å². The minimum absolute atomic E-state index is 0.269. The highest BCUT2D eigenvalue weighted by atomic mass is 32.2. The number of rotatable bonds is 12. The van der Waals surface area contributed by atoms with Gasteiger partial charge in [0.1, 0.15) is 0 Å². The summed E-state index contributed by atoms with van der Waals surface area (Å²) >= 11 is 2.09. The second-order valence-corrected chi connectivity index (χ2v) is 11.2. The molecule has 0 aliphatic heterocycles. The number of aliphatic carboxylic acids is 1. The Morgan fingerprint density at radius 1 is 1.04 bits per heavy atom. The quantitative estimate of drug-likeness (QED) is 0.431. The van der Waals surface area contributed by atoms with Gasteiger partial charge in [-0.3, -0.25) is 4.79 Å². The molecule has 1 unspecified atom stereocenters. The molecular weight excluding hydrogens is 304 g/mol. The maximum atomic E-state index is 10.7. The number of carbonyl (C=O) groups is 1. The van der Waals surface area contributed by atoms with Gasteiger partial charge in [-0.05, 0) is 48.2 Å². The Labute approximate surface area is 149 Å². The van der Waals surface area contributed by atoms with Gasteiger partial charge in [0.15, 0.2) is 0 Å². The maximum Gasteiger partial charge on any atom is 0.303 e. The van der Waals surface area contributed by atoms with Gasteiger partial charge in [0.25, 0.3) is 0 Å². The minimum atomic E-state index is -0.675. The molecule has 0 aromatic carbocycles. The SMILES string of the molecule is CCC(C)(C)CC(C)(C)CSC(C)(C)CCC(C)CCC(=O)O. The average molecular weight is 345 g/mol. The van der Waals surface area contributed by atoms with Gasteiger partial charge in [0.2, 0.25) is 0 Å². The van der Waals surface area contributed by atoms with E-state index in [1.165, 1.54) is 18.6 Å². The predicted molar refractivity (Wildman–Crippen MR) is 104 cm³/mol. The number of carboxylic acid groups (broad SMARTS) is 1. The zero-order chi connectivity index (χ0) is 18.3. The van der Waals surface area contributed by atoms with Crippen molar-refractivity contribution in [2.75, 3.05) is 5.75 Å². The van der Waals surface area contributed by atoms with Crippen LogP contribution < -0.4 is 0 Å². The fraction of sp³-hybridized carbons (Fsp3) is 0.950. The van der Waals surface area contributed by atoms with E-state index in [1.807, 2.05) is 0 Å². The Morgan fingerprint density at radius 3 is 2.09 bits per heavy atom. The molecule has 0 spiro atoms. The van der Waals surface area contributed by atoms with Gasteiger partial charge in [-0.25, -0.2) is 0 Å². The van der Waals surface area contributed by atoms with Crippen molar-refractivity contribution < 1.29 is 9.90 Å². The third kappa shape index (κ3) is 11.9. The molecule has 23 heavy (non-hydrogen) atoms. The molecule has 0 aliphatic rings. The molecule has 0 bridgehead atoms. The Hall–Kier alpha value is -0.180. The predicted octanol–water partition coefficient (Wildman–Crippen LogP) is 6.63. The van der Waals surface area contributed by atoms with Crippen LogP contribution in [0.5, 0.6) is 0 Å². The third-order valence-corrected chi connectivity index (χ3v) is 6.77. The summed E-state index contributed by atoms with van der Waals surface area (Å²) in [5, 5.41) is 8.77. The van der Waals surface area contributed by atoms with Crippen LogP contribution in [0, 0.1) is 16.7 Å². The molecule has 0 radical (unpaired) electrons. The molecule has 0 saturated heterocycles. The van der Waals surface area contributed by atoms with Gasteiger partial charge in [-0.1, -0.05) is 61.8 Å². The van der Waals surface area contributed by atoms with Crippen molar-refractivity contribution in [3.63, 3.8) is 0 Å². The molecule has 0 amide bonds. The van der Waals surface area contributed by atoms with E-state index in [0.717, 1.165) is 19.3 Å². The van der Waals surface area contributed by atoms with Crippen LogP contribution in [0.15, 0.2) is 0 Å². The zero-order valence-electron chi connectivity index (χ0n) is 16.8. The lowest BCUT2D eigenvalue weighted by molar-refractivity contribution is -0.137. The van der Waals surface area contributed by atoms with E-state index < -0.39 is 5.97 Å². The van der Waals surface area contributed by atoms with Gasteiger partial charge in [-0.15, -0.1) is 0 Å². The molecule has 0 saturated carbocycles. The second-order valence-electron chi connectivity index (χ2n) is 9.48. The highest BCUT2D eigenvalue weighted by molar-refractivity contribution is 8.00. The van der Waals surface area contributed by atoms with Crippen molar-refractivity contribution in [3.8, 4) is 0 Å². The molecule has 0 fully saturated rings. The van der Waals surface area contributed by atoms with Crippen molar-refractivity contribution in [2.45, 2.75) is 98.7 Å². The molecule has 0 rings (SSSR count). The summed E-state index contributed by atoms with van der Waals surface area (Å²) in [4.78, 5) is 10.7. The zero-order valence-corrected chi connectivity index (χ0v) is 17.6. The van der Waals surface area contributed by atoms with E-state index in [9.17, 15) is 4.79 Å². The second kappa shape index (κ2) is 9.34. The summed E-state index contributed by atoms with van der Waals surface area (Å²) < 4.78 is 0.269. The first-order valence-electron chi connectivity index (χ1n) is 9.14. The number of carboxylic acids is 1. The molecule has 1 atom stereocenters. The first kappa shape index (κ1) is 22.8. The molecule has 138 valence electrons. The number of hydrogen-bond acceptors (Lipinski definition) is 2. The molecule has 0 aromatic rings. The summed E-state index contributed by atoms with van der Waals surface area (Å²) in [6, 6.07) is 0. The van der Waals surface area contributed by atoms with Crippen LogP contribution in [0.2, 0.25) is 0 Å². The minimum Gasteiger partial charge on any atom is -0.481 e. The van der Waals surface area contributed by atoms with Crippen LogP contribution in [-0.2, 0) is 4.79 Å². The standard InChI is InChI=1S/C20H40O2S/c1-9-18(3,4)14-19(5,6)15-23-20(7,8)13-12-16(2)10-11-17(21)22/h16H,9-15H2,1-8H3,(H,21,22). The lowest BCUT2D eigenvalue weighted by Crippen LogP contribution is -2.27. The van der Waals surface area contributed by atoms with Crippen LogP contribution >= 0.6 is 11.8 Å². The Balaban J connectivity index is 4.28. The first-order valence-corrected chi connectivity index (χ1v) is 10.1. The van der Waals surface area contributed by atoms with Gasteiger partial charge >= 0.3 is 5.97 Å². The van der Waals surface area contributed by atoms with Crippen molar-refractivity contribution in [3.05, 3.63) is 0 Å². The summed E-state index contributed by atoms with van der Waals surface area (Å²) in [5.41, 5.74) is 0.774.